The number of hydrogen-bond acceptors (Lipinski definition) is 4. The third-order valence-electron chi connectivity index (χ3n) is 3.77. The first-order valence-electron chi connectivity index (χ1n) is 7.38. The summed E-state index contributed by atoms with van der Waals surface area (Å²) in [5.41, 5.74) is 2.04. The number of rotatable bonds is 4. The third-order valence-corrected chi connectivity index (χ3v) is 5.32. The van der Waals surface area contributed by atoms with Gasteiger partial charge in [0.2, 0.25) is 5.91 Å². The summed E-state index contributed by atoms with van der Waals surface area (Å²) in [6, 6.07) is 7.97. The fourth-order valence-electron chi connectivity index (χ4n) is 2.52. The predicted molar refractivity (Wildman–Crippen MR) is 100 cm³/mol. The highest BCUT2D eigenvalue weighted by atomic mass is 79.9. The summed E-state index contributed by atoms with van der Waals surface area (Å²) in [6.45, 7) is 2.91. The second-order valence-corrected chi connectivity index (χ2v) is 7.26. The molecule has 1 aliphatic heterocycles. The van der Waals surface area contributed by atoms with E-state index in [-0.39, 0.29) is 30.4 Å². The normalized spacial score (nSPS) is 18.3. The van der Waals surface area contributed by atoms with E-state index in [1.165, 1.54) is 0 Å². The monoisotopic (exact) mass is 415 g/mol. The molecule has 1 fully saturated rings. The van der Waals surface area contributed by atoms with Gasteiger partial charge in [-0.1, -0.05) is 28.1 Å². The van der Waals surface area contributed by atoms with E-state index >= 15 is 0 Å². The molecule has 23 heavy (non-hydrogen) atoms. The van der Waals surface area contributed by atoms with Gasteiger partial charge in [-0.15, -0.1) is 23.7 Å². The molecule has 124 valence electrons. The zero-order chi connectivity index (χ0) is 15.5. The summed E-state index contributed by atoms with van der Waals surface area (Å²) in [5.74, 6) is 0.0744. The first kappa shape index (κ1) is 18.4. The second kappa shape index (κ2) is 8.24. The Morgan fingerprint density at radius 1 is 1.43 bits per heavy atom. The molecular formula is C16H19BrClN3OS. The summed E-state index contributed by atoms with van der Waals surface area (Å²) < 4.78 is 1.05. The second-order valence-electron chi connectivity index (χ2n) is 5.46. The summed E-state index contributed by atoms with van der Waals surface area (Å²) in [6.07, 6.45) is 1.98. The van der Waals surface area contributed by atoms with Gasteiger partial charge in [-0.25, -0.2) is 4.98 Å². The molecule has 0 bridgehead atoms. The van der Waals surface area contributed by atoms with Crippen LogP contribution in [0.4, 0.5) is 0 Å². The highest BCUT2D eigenvalue weighted by Crippen LogP contribution is 2.26. The van der Waals surface area contributed by atoms with E-state index in [2.05, 4.69) is 31.5 Å². The van der Waals surface area contributed by atoms with E-state index in [9.17, 15) is 4.79 Å². The highest BCUT2D eigenvalue weighted by molar-refractivity contribution is 9.10. The predicted octanol–water partition coefficient (Wildman–Crippen LogP) is 3.92. The zero-order valence-electron chi connectivity index (χ0n) is 12.7. The number of hydrogen-bond donors (Lipinski definition) is 2. The van der Waals surface area contributed by atoms with Crippen molar-refractivity contribution in [3.63, 3.8) is 0 Å². The van der Waals surface area contributed by atoms with Gasteiger partial charge in [0.05, 0.1) is 17.8 Å². The van der Waals surface area contributed by atoms with E-state index in [0.717, 1.165) is 40.1 Å². The van der Waals surface area contributed by atoms with Crippen molar-refractivity contribution >= 4 is 45.6 Å². The molecule has 7 heteroatoms. The maximum atomic E-state index is 12.1. The molecule has 3 rings (SSSR count). The maximum absolute atomic E-state index is 12.1. The lowest BCUT2D eigenvalue weighted by atomic mass is 10.2. The molecule has 2 unspecified atom stereocenters. The number of thiazole rings is 1. The van der Waals surface area contributed by atoms with Crippen molar-refractivity contribution in [3.05, 3.63) is 39.1 Å². The van der Waals surface area contributed by atoms with E-state index in [4.69, 9.17) is 0 Å². The largest absolute Gasteiger partial charge is 0.346 e. The molecule has 0 spiro atoms. The number of aromatic nitrogens is 1. The van der Waals surface area contributed by atoms with Crippen molar-refractivity contribution < 1.29 is 4.79 Å². The molecule has 2 atom stereocenters. The van der Waals surface area contributed by atoms with Crippen LogP contribution in [-0.4, -0.2) is 23.5 Å². The Labute approximate surface area is 154 Å². The van der Waals surface area contributed by atoms with Crippen LogP contribution in [0.1, 0.15) is 30.8 Å². The van der Waals surface area contributed by atoms with E-state index in [0.29, 0.717) is 0 Å². The van der Waals surface area contributed by atoms with Gasteiger partial charge in [0.1, 0.15) is 5.01 Å². The van der Waals surface area contributed by atoms with Gasteiger partial charge in [-0.3, -0.25) is 4.79 Å². The molecule has 1 saturated heterocycles. The van der Waals surface area contributed by atoms with Crippen molar-refractivity contribution in [2.45, 2.75) is 31.8 Å². The fraction of sp³-hybridized carbons (Fsp3) is 0.375. The van der Waals surface area contributed by atoms with Crippen molar-refractivity contribution in [2.75, 3.05) is 6.54 Å². The molecule has 0 radical (unpaired) electrons. The van der Waals surface area contributed by atoms with Crippen LogP contribution < -0.4 is 10.6 Å². The Hall–Kier alpha value is -0.950. The molecule has 1 aromatic carbocycles. The molecule has 0 saturated carbocycles. The first-order valence-corrected chi connectivity index (χ1v) is 9.06. The molecule has 2 N–H and O–H groups in total. The lowest BCUT2D eigenvalue weighted by Crippen LogP contribution is -2.41. The van der Waals surface area contributed by atoms with Gasteiger partial charge in [-0.05, 0) is 38.4 Å². The van der Waals surface area contributed by atoms with Crippen molar-refractivity contribution in [1.29, 1.82) is 0 Å². The average Bonchev–Trinajstić information content (AvgIpc) is 3.20. The van der Waals surface area contributed by atoms with Crippen LogP contribution in [0, 0.1) is 0 Å². The van der Waals surface area contributed by atoms with Gasteiger partial charge in [-0.2, -0.15) is 0 Å². The smallest absolute Gasteiger partial charge is 0.237 e. The van der Waals surface area contributed by atoms with Crippen LogP contribution in [-0.2, 0) is 4.79 Å². The van der Waals surface area contributed by atoms with Crippen LogP contribution in [0.3, 0.4) is 0 Å². The molecule has 1 amide bonds. The fourth-order valence-corrected chi connectivity index (χ4v) is 3.62. The topological polar surface area (TPSA) is 54.0 Å². The summed E-state index contributed by atoms with van der Waals surface area (Å²) in [5, 5.41) is 9.24. The van der Waals surface area contributed by atoms with Crippen LogP contribution in [0.15, 0.2) is 34.1 Å². The first-order chi connectivity index (χ1) is 10.6. The molecule has 4 nitrogen and oxygen atoms in total. The summed E-state index contributed by atoms with van der Waals surface area (Å²) in [7, 11) is 0. The van der Waals surface area contributed by atoms with Crippen LogP contribution in [0.2, 0.25) is 0 Å². The Morgan fingerprint density at radius 2 is 2.17 bits per heavy atom. The number of halogens is 2. The summed E-state index contributed by atoms with van der Waals surface area (Å²) >= 11 is 5.02. The van der Waals surface area contributed by atoms with E-state index in [1.54, 1.807) is 11.3 Å². The quantitative estimate of drug-likeness (QED) is 0.794. The number of nitrogens with zero attached hydrogens (tertiary/aromatic N) is 1. The lowest BCUT2D eigenvalue weighted by molar-refractivity contribution is -0.123. The highest BCUT2D eigenvalue weighted by Gasteiger charge is 2.24. The van der Waals surface area contributed by atoms with Crippen molar-refractivity contribution in [1.82, 2.24) is 15.6 Å². The van der Waals surface area contributed by atoms with Crippen molar-refractivity contribution in [2.24, 2.45) is 0 Å². The van der Waals surface area contributed by atoms with Crippen LogP contribution in [0.25, 0.3) is 11.3 Å². The number of benzene rings is 1. The number of carbonyl (C=O) groups is 1. The van der Waals surface area contributed by atoms with E-state index in [1.807, 2.05) is 36.6 Å². The van der Waals surface area contributed by atoms with Crippen molar-refractivity contribution in [3.8, 4) is 11.3 Å². The average molecular weight is 417 g/mol. The SMILES string of the molecule is CC(NC(=O)C1CCCN1)c1nc(-c2ccc(Br)cc2)cs1.Cl. The van der Waals surface area contributed by atoms with Gasteiger partial charge in [0.25, 0.3) is 0 Å². The third kappa shape index (κ3) is 4.53. The van der Waals surface area contributed by atoms with Crippen LogP contribution >= 0.6 is 39.7 Å². The minimum absolute atomic E-state index is 0. The molecule has 2 aromatic rings. The molecule has 2 heterocycles. The molecule has 1 aromatic heterocycles. The Balaban J connectivity index is 0.00000192. The summed E-state index contributed by atoms with van der Waals surface area (Å²) in [4.78, 5) is 16.8. The molecule has 0 aliphatic carbocycles. The van der Waals surface area contributed by atoms with Crippen LogP contribution in [0.5, 0.6) is 0 Å². The van der Waals surface area contributed by atoms with Gasteiger partial charge < -0.3 is 10.6 Å². The maximum Gasteiger partial charge on any atom is 0.237 e. The Bertz CT molecular complexity index is 656. The van der Waals surface area contributed by atoms with E-state index < -0.39 is 0 Å². The molecule has 1 aliphatic rings. The van der Waals surface area contributed by atoms with Gasteiger partial charge in [0.15, 0.2) is 0 Å². The zero-order valence-corrected chi connectivity index (χ0v) is 15.9. The Morgan fingerprint density at radius 3 is 2.83 bits per heavy atom. The molecular weight excluding hydrogens is 398 g/mol. The van der Waals surface area contributed by atoms with Gasteiger partial charge in [0, 0.05) is 15.4 Å². The number of nitrogens with one attached hydrogen (secondary N) is 2. The Kier molecular flexibility index (Phi) is 6.59. The minimum Gasteiger partial charge on any atom is -0.346 e. The minimum atomic E-state index is -0.0656. The van der Waals surface area contributed by atoms with Gasteiger partial charge >= 0.3 is 0 Å². The lowest BCUT2D eigenvalue weighted by Gasteiger charge is -2.15. The standard InChI is InChI=1S/C16H18BrN3OS.ClH/c1-10(19-15(21)13-3-2-8-18-13)16-20-14(9-22-16)11-4-6-12(17)7-5-11;/h4-7,9-10,13,18H,2-3,8H2,1H3,(H,19,21);1H. The number of amides is 1. The number of carbonyl (C=O) groups excluding carboxylic acids is 1.